The molecule has 3 heteroatoms. The van der Waals surface area contributed by atoms with Gasteiger partial charge < -0.3 is 5.32 Å². The fourth-order valence-corrected chi connectivity index (χ4v) is 2.63. The second kappa shape index (κ2) is 6.89. The number of benzene rings is 2. The van der Waals surface area contributed by atoms with E-state index in [4.69, 9.17) is 0 Å². The molecule has 0 aliphatic carbocycles. The Morgan fingerprint density at radius 1 is 1.20 bits per heavy atom. The molecule has 0 amide bonds. The van der Waals surface area contributed by atoms with Crippen LogP contribution >= 0.6 is 15.9 Å². The molecule has 0 spiro atoms. The van der Waals surface area contributed by atoms with Crippen molar-refractivity contribution in [1.29, 1.82) is 0 Å². The monoisotopic (exact) mass is 335 g/mol. The van der Waals surface area contributed by atoms with Crippen molar-refractivity contribution in [3.05, 3.63) is 63.9 Å². The third kappa shape index (κ3) is 3.60. The van der Waals surface area contributed by atoms with Crippen LogP contribution in [0.1, 0.15) is 36.9 Å². The fourth-order valence-electron chi connectivity index (χ4n) is 2.29. The average Bonchev–Trinajstić information content (AvgIpc) is 2.45. The van der Waals surface area contributed by atoms with Crippen molar-refractivity contribution in [3.63, 3.8) is 0 Å². The lowest BCUT2D eigenvalue weighted by atomic mass is 10.0. The van der Waals surface area contributed by atoms with Crippen LogP contribution in [0, 0.1) is 12.7 Å². The second-order valence-corrected chi connectivity index (χ2v) is 5.83. The smallest absolute Gasteiger partial charge is 0.137 e. The molecule has 1 N–H and O–H groups in total. The third-order valence-corrected chi connectivity index (χ3v) is 3.98. The van der Waals surface area contributed by atoms with Gasteiger partial charge in [0.2, 0.25) is 0 Å². The van der Waals surface area contributed by atoms with E-state index in [1.807, 2.05) is 31.2 Å². The predicted octanol–water partition coefficient (Wildman–Crippen LogP) is 5.85. The molecule has 106 valence electrons. The van der Waals surface area contributed by atoms with Gasteiger partial charge in [-0.05, 0) is 52.5 Å². The highest BCUT2D eigenvalue weighted by Crippen LogP contribution is 2.29. The van der Waals surface area contributed by atoms with Gasteiger partial charge >= 0.3 is 0 Å². The van der Waals surface area contributed by atoms with Crippen LogP contribution in [0.25, 0.3) is 0 Å². The summed E-state index contributed by atoms with van der Waals surface area (Å²) in [6.45, 7) is 4.09. The average molecular weight is 336 g/mol. The molecule has 1 unspecified atom stereocenters. The van der Waals surface area contributed by atoms with E-state index in [1.54, 1.807) is 6.07 Å². The van der Waals surface area contributed by atoms with Gasteiger partial charge in [-0.3, -0.25) is 0 Å². The number of hydrogen-bond acceptors (Lipinski definition) is 1. The number of rotatable bonds is 5. The summed E-state index contributed by atoms with van der Waals surface area (Å²) in [4.78, 5) is 0. The first kappa shape index (κ1) is 15.0. The number of hydrogen-bond donors (Lipinski definition) is 1. The minimum Gasteiger partial charge on any atom is -0.378 e. The molecule has 0 aliphatic rings. The van der Waals surface area contributed by atoms with Crippen LogP contribution in [0.3, 0.4) is 0 Å². The first-order valence-electron chi connectivity index (χ1n) is 6.89. The van der Waals surface area contributed by atoms with Gasteiger partial charge in [-0.1, -0.05) is 43.7 Å². The lowest BCUT2D eigenvalue weighted by molar-refractivity contribution is 0.619. The topological polar surface area (TPSA) is 12.0 Å². The lowest BCUT2D eigenvalue weighted by Gasteiger charge is -2.21. The Kier molecular flexibility index (Phi) is 5.18. The molecule has 2 rings (SSSR count). The predicted molar refractivity (Wildman–Crippen MR) is 86.6 cm³/mol. The summed E-state index contributed by atoms with van der Waals surface area (Å²) in [7, 11) is 0. The summed E-state index contributed by atoms with van der Waals surface area (Å²) in [6.07, 6.45) is 2.13. The molecule has 1 atom stereocenters. The molecule has 0 fully saturated rings. The summed E-state index contributed by atoms with van der Waals surface area (Å²) in [5.74, 6) is -0.222. The molecule has 0 aliphatic heterocycles. The van der Waals surface area contributed by atoms with Gasteiger partial charge in [-0.25, -0.2) is 4.39 Å². The quantitative estimate of drug-likeness (QED) is 0.722. The first-order chi connectivity index (χ1) is 9.61. The standard InChI is InChI=1S/C17H19BrFN/c1-3-7-16(13-8-5-4-6-9-13)20-17-11-14(18)15(19)10-12(17)2/h4-6,8-11,16,20H,3,7H2,1-2H3. The third-order valence-electron chi connectivity index (χ3n) is 3.38. The molecule has 20 heavy (non-hydrogen) atoms. The van der Waals surface area contributed by atoms with Gasteiger partial charge in [-0.15, -0.1) is 0 Å². The van der Waals surface area contributed by atoms with Crippen molar-refractivity contribution >= 4 is 21.6 Å². The first-order valence-corrected chi connectivity index (χ1v) is 7.68. The number of halogens is 2. The van der Waals surface area contributed by atoms with Crippen molar-refractivity contribution in [3.8, 4) is 0 Å². The van der Waals surface area contributed by atoms with E-state index in [1.165, 1.54) is 5.56 Å². The highest BCUT2D eigenvalue weighted by Gasteiger charge is 2.12. The van der Waals surface area contributed by atoms with Gasteiger partial charge in [0.05, 0.1) is 10.5 Å². The zero-order chi connectivity index (χ0) is 14.5. The van der Waals surface area contributed by atoms with E-state index in [0.29, 0.717) is 4.47 Å². The second-order valence-electron chi connectivity index (χ2n) is 4.98. The van der Waals surface area contributed by atoms with E-state index >= 15 is 0 Å². The number of aryl methyl sites for hydroxylation is 1. The lowest BCUT2D eigenvalue weighted by Crippen LogP contribution is -2.11. The van der Waals surface area contributed by atoms with E-state index in [2.05, 4.69) is 40.3 Å². The van der Waals surface area contributed by atoms with Gasteiger partial charge in [0, 0.05) is 5.69 Å². The Labute approximate surface area is 128 Å². The van der Waals surface area contributed by atoms with Gasteiger partial charge in [0.1, 0.15) is 5.82 Å². The molecular weight excluding hydrogens is 317 g/mol. The van der Waals surface area contributed by atoms with Gasteiger partial charge in [0.25, 0.3) is 0 Å². The van der Waals surface area contributed by atoms with Gasteiger partial charge in [0.15, 0.2) is 0 Å². The van der Waals surface area contributed by atoms with Crippen molar-refractivity contribution < 1.29 is 4.39 Å². The number of nitrogens with one attached hydrogen (secondary N) is 1. The SMILES string of the molecule is CCCC(Nc1cc(Br)c(F)cc1C)c1ccccc1. The molecule has 2 aromatic rings. The van der Waals surface area contributed by atoms with Crippen molar-refractivity contribution in [2.75, 3.05) is 5.32 Å². The van der Waals surface area contributed by atoms with Crippen LogP contribution < -0.4 is 5.32 Å². The summed E-state index contributed by atoms with van der Waals surface area (Å²) in [6, 6.07) is 14.0. The molecule has 0 saturated carbocycles. The Balaban J connectivity index is 2.27. The largest absolute Gasteiger partial charge is 0.378 e. The summed E-state index contributed by atoms with van der Waals surface area (Å²) in [5.41, 5.74) is 3.15. The molecule has 0 bridgehead atoms. The van der Waals surface area contributed by atoms with Crippen molar-refractivity contribution in [2.45, 2.75) is 32.7 Å². The maximum Gasteiger partial charge on any atom is 0.137 e. The summed E-state index contributed by atoms with van der Waals surface area (Å²) < 4.78 is 14.0. The van der Waals surface area contributed by atoms with Crippen molar-refractivity contribution in [2.24, 2.45) is 0 Å². The maximum atomic E-state index is 13.5. The van der Waals surface area contributed by atoms with E-state index in [0.717, 1.165) is 24.1 Å². The Hall–Kier alpha value is -1.35. The molecule has 0 aromatic heterocycles. The fraction of sp³-hybridized carbons (Fsp3) is 0.294. The van der Waals surface area contributed by atoms with Crippen LogP contribution in [-0.4, -0.2) is 0 Å². The van der Waals surface area contributed by atoms with Crippen LogP contribution in [0.4, 0.5) is 10.1 Å². The van der Waals surface area contributed by atoms with E-state index < -0.39 is 0 Å². The summed E-state index contributed by atoms with van der Waals surface area (Å²) >= 11 is 3.25. The zero-order valence-corrected chi connectivity index (χ0v) is 13.4. The van der Waals surface area contributed by atoms with E-state index in [9.17, 15) is 4.39 Å². The molecule has 2 aromatic carbocycles. The molecular formula is C17H19BrFN. The molecule has 0 radical (unpaired) electrons. The van der Waals surface area contributed by atoms with Crippen LogP contribution in [0.5, 0.6) is 0 Å². The van der Waals surface area contributed by atoms with Crippen LogP contribution in [0.2, 0.25) is 0 Å². The van der Waals surface area contributed by atoms with Crippen LogP contribution in [0.15, 0.2) is 46.9 Å². The molecule has 0 heterocycles. The minimum absolute atomic E-state index is 0.222. The van der Waals surface area contributed by atoms with Gasteiger partial charge in [-0.2, -0.15) is 0 Å². The Morgan fingerprint density at radius 2 is 1.90 bits per heavy atom. The Bertz CT molecular complexity index is 569. The van der Waals surface area contributed by atoms with Crippen LogP contribution in [-0.2, 0) is 0 Å². The maximum absolute atomic E-state index is 13.5. The zero-order valence-electron chi connectivity index (χ0n) is 11.8. The molecule has 0 saturated heterocycles. The van der Waals surface area contributed by atoms with Crippen molar-refractivity contribution in [1.82, 2.24) is 0 Å². The van der Waals surface area contributed by atoms with E-state index in [-0.39, 0.29) is 11.9 Å². The Morgan fingerprint density at radius 3 is 2.55 bits per heavy atom. The normalized spacial score (nSPS) is 12.2. The number of anilines is 1. The highest BCUT2D eigenvalue weighted by molar-refractivity contribution is 9.10. The molecule has 1 nitrogen and oxygen atoms in total. The summed E-state index contributed by atoms with van der Waals surface area (Å²) in [5, 5.41) is 3.54. The minimum atomic E-state index is -0.222. The highest BCUT2D eigenvalue weighted by atomic mass is 79.9.